The molecule has 1 aliphatic carbocycles. The fourth-order valence-corrected chi connectivity index (χ4v) is 6.10. The number of hydrogen-bond donors (Lipinski definition) is 5. The molecular weight excluding hydrogens is 580 g/mol. The van der Waals surface area contributed by atoms with Crippen LogP contribution in [0.25, 0.3) is 22.5 Å². The second-order valence-corrected chi connectivity index (χ2v) is 12.0. The molecule has 1 saturated heterocycles. The predicted octanol–water partition coefficient (Wildman–Crippen LogP) is 3.35. The second kappa shape index (κ2) is 14.3. The van der Waals surface area contributed by atoms with Crippen molar-refractivity contribution in [2.24, 2.45) is 11.7 Å². The minimum absolute atomic E-state index is 0.105. The van der Waals surface area contributed by atoms with E-state index in [9.17, 15) is 9.59 Å². The Morgan fingerprint density at radius 3 is 2.41 bits per heavy atom. The topological polar surface area (TPSA) is 167 Å². The van der Waals surface area contributed by atoms with E-state index in [4.69, 9.17) is 10.7 Å². The van der Waals surface area contributed by atoms with Crippen molar-refractivity contribution in [2.45, 2.75) is 45.1 Å². The van der Waals surface area contributed by atoms with Crippen LogP contribution in [0.4, 0.5) is 11.5 Å². The van der Waals surface area contributed by atoms with Crippen molar-refractivity contribution in [3.05, 3.63) is 83.7 Å². The van der Waals surface area contributed by atoms with Gasteiger partial charge in [0.25, 0.3) is 0 Å². The van der Waals surface area contributed by atoms with Gasteiger partial charge in [-0.3, -0.25) is 9.59 Å². The number of aromatic nitrogens is 5. The fourth-order valence-electron chi connectivity index (χ4n) is 6.10. The van der Waals surface area contributed by atoms with Gasteiger partial charge in [-0.05, 0) is 91.0 Å². The van der Waals surface area contributed by atoms with E-state index < -0.39 is 6.04 Å². The molecule has 6 rings (SSSR count). The normalized spacial score (nSPS) is 17.3. The Balaban J connectivity index is 1.16. The molecule has 4 aromatic rings. The van der Waals surface area contributed by atoms with Crippen LogP contribution >= 0.6 is 0 Å². The molecule has 46 heavy (non-hydrogen) atoms. The van der Waals surface area contributed by atoms with E-state index in [1.807, 2.05) is 30.5 Å². The van der Waals surface area contributed by atoms with Gasteiger partial charge in [0, 0.05) is 61.5 Å². The maximum Gasteiger partial charge on any atom is 0.247 e. The van der Waals surface area contributed by atoms with Crippen molar-refractivity contribution in [1.29, 1.82) is 0 Å². The molecule has 238 valence electrons. The Hall–Kier alpha value is -5.10. The number of carbonyl (C=O) groups is 2. The second-order valence-electron chi connectivity index (χ2n) is 12.0. The van der Waals surface area contributed by atoms with E-state index in [2.05, 4.69) is 66.6 Å². The van der Waals surface area contributed by atoms with Crippen molar-refractivity contribution < 1.29 is 9.59 Å². The molecule has 0 unspecified atom stereocenters. The number of piperazine rings is 1. The van der Waals surface area contributed by atoms with Crippen molar-refractivity contribution in [2.75, 3.05) is 36.4 Å². The van der Waals surface area contributed by atoms with Gasteiger partial charge in [0.1, 0.15) is 11.9 Å². The molecule has 0 bridgehead atoms. The number of allylic oxidation sites excluding steroid dienone is 1. The van der Waals surface area contributed by atoms with Crippen molar-refractivity contribution >= 4 is 23.3 Å². The quantitative estimate of drug-likeness (QED) is 0.189. The maximum atomic E-state index is 13.6. The molecule has 1 atom stereocenters. The summed E-state index contributed by atoms with van der Waals surface area (Å²) < 4.78 is 0. The summed E-state index contributed by atoms with van der Waals surface area (Å²) in [5.74, 6) is 0.920. The number of tetrazole rings is 1. The molecule has 2 aromatic carbocycles. The number of nitrogens with two attached hydrogens (primary N) is 1. The highest BCUT2D eigenvalue weighted by atomic mass is 16.2. The minimum Gasteiger partial charge on any atom is -0.405 e. The molecule has 2 aliphatic rings. The minimum atomic E-state index is -0.761. The Labute approximate surface area is 268 Å². The molecule has 6 N–H and O–H groups in total. The van der Waals surface area contributed by atoms with Crippen molar-refractivity contribution in [3.63, 3.8) is 0 Å². The Morgan fingerprint density at radius 2 is 1.76 bits per heavy atom. The summed E-state index contributed by atoms with van der Waals surface area (Å²) in [6, 6.07) is 16.7. The van der Waals surface area contributed by atoms with Crippen LogP contribution in [0.5, 0.6) is 0 Å². The van der Waals surface area contributed by atoms with Gasteiger partial charge in [0.05, 0.1) is 0 Å². The van der Waals surface area contributed by atoms with E-state index in [-0.39, 0.29) is 17.7 Å². The van der Waals surface area contributed by atoms with Crippen molar-refractivity contribution in [1.82, 2.24) is 36.2 Å². The van der Waals surface area contributed by atoms with Gasteiger partial charge < -0.3 is 26.6 Å². The third-order valence-corrected chi connectivity index (χ3v) is 8.87. The van der Waals surface area contributed by atoms with E-state index in [0.717, 1.165) is 85.5 Å². The molecule has 2 fully saturated rings. The largest absolute Gasteiger partial charge is 0.405 e. The van der Waals surface area contributed by atoms with Crippen LogP contribution in [0.3, 0.4) is 0 Å². The molecule has 12 nitrogen and oxygen atoms in total. The fraction of sp³-hybridized carbons (Fsp3) is 0.353. The summed E-state index contributed by atoms with van der Waals surface area (Å²) in [6.45, 7) is 5.93. The lowest BCUT2D eigenvalue weighted by Crippen LogP contribution is -2.47. The number of rotatable bonds is 9. The molecule has 12 heteroatoms. The van der Waals surface area contributed by atoms with Crippen molar-refractivity contribution in [3.8, 4) is 22.5 Å². The lowest BCUT2D eigenvalue weighted by molar-refractivity contribution is -0.129. The van der Waals surface area contributed by atoms with Crippen LogP contribution in [-0.4, -0.2) is 69.6 Å². The third kappa shape index (κ3) is 7.40. The number of aryl methyl sites for hydroxylation is 1. The molecule has 1 aliphatic heterocycles. The number of nitrogens with zero attached hydrogens (tertiary/aromatic N) is 5. The summed E-state index contributed by atoms with van der Waals surface area (Å²) in [5.41, 5.74) is 12.5. The summed E-state index contributed by atoms with van der Waals surface area (Å²) in [6.07, 6.45) is 6.97. The highest BCUT2D eigenvalue weighted by Crippen LogP contribution is 2.29. The van der Waals surface area contributed by atoms with Crippen LogP contribution in [0, 0.1) is 12.8 Å². The molecule has 0 radical (unpaired) electrons. The van der Waals surface area contributed by atoms with Crippen LogP contribution in [0.1, 0.15) is 36.8 Å². The van der Waals surface area contributed by atoms with Crippen LogP contribution in [0.2, 0.25) is 0 Å². The van der Waals surface area contributed by atoms with Crippen LogP contribution in [-0.2, 0) is 16.0 Å². The van der Waals surface area contributed by atoms with Gasteiger partial charge in [0.15, 0.2) is 0 Å². The first kappa shape index (κ1) is 30.9. The first-order valence-corrected chi connectivity index (χ1v) is 15.8. The van der Waals surface area contributed by atoms with E-state index in [1.54, 1.807) is 18.3 Å². The maximum absolute atomic E-state index is 13.6. The molecule has 2 aromatic heterocycles. The number of benzene rings is 2. The molecule has 0 spiro atoms. The monoisotopic (exact) mass is 620 g/mol. The average Bonchev–Trinajstić information content (AvgIpc) is 3.64. The number of pyridine rings is 1. The molecular formula is C34H40N10O2. The predicted molar refractivity (Wildman–Crippen MR) is 178 cm³/mol. The van der Waals surface area contributed by atoms with E-state index in [0.29, 0.717) is 17.9 Å². The molecule has 3 heterocycles. The number of hydrogen-bond acceptors (Lipinski definition) is 9. The van der Waals surface area contributed by atoms with Gasteiger partial charge in [-0.1, -0.05) is 29.8 Å². The van der Waals surface area contributed by atoms with Gasteiger partial charge in [-0.2, -0.15) is 5.21 Å². The first-order valence-electron chi connectivity index (χ1n) is 15.8. The lowest BCUT2D eigenvalue weighted by atomic mass is 9.85. The van der Waals surface area contributed by atoms with Crippen LogP contribution in [0.15, 0.2) is 72.6 Å². The number of H-pyrrole nitrogens is 1. The number of amides is 2. The summed E-state index contributed by atoms with van der Waals surface area (Å²) in [4.78, 5) is 34.1. The van der Waals surface area contributed by atoms with Crippen LogP contribution < -0.4 is 26.6 Å². The Bertz CT molecular complexity index is 1650. The molecule has 2 amide bonds. The summed E-state index contributed by atoms with van der Waals surface area (Å²) >= 11 is 0. The van der Waals surface area contributed by atoms with Gasteiger partial charge in [0.2, 0.25) is 17.6 Å². The van der Waals surface area contributed by atoms with Gasteiger partial charge in [-0.25, -0.2) is 4.98 Å². The number of anilines is 2. The highest BCUT2D eigenvalue weighted by Gasteiger charge is 2.28. The Kier molecular flexibility index (Phi) is 9.63. The number of carbonyl (C=O) groups excluding carboxylic acids is 2. The smallest absolute Gasteiger partial charge is 0.247 e. The van der Waals surface area contributed by atoms with Gasteiger partial charge >= 0.3 is 0 Å². The first-order chi connectivity index (χ1) is 22.5. The highest BCUT2D eigenvalue weighted by molar-refractivity contribution is 5.97. The summed E-state index contributed by atoms with van der Waals surface area (Å²) in [5, 5.41) is 23.4. The SMILES string of the molecule is Cc1cc(N2CCNCC2)ncc1-c1ccc(C[C@H](NC(=O)C2CCC(=CN)CC2)C(=O)Nc2ccc(-c3nn[nH]n3)cc2)cc1. The summed E-state index contributed by atoms with van der Waals surface area (Å²) in [7, 11) is 0. The standard InChI is InChI=1S/C34H40N10O2/c1-22-18-31(44-16-14-36-15-17-44)37-21-29(22)25-6-2-23(3-7-25)19-30(39-33(45)27-8-4-24(20-35)5-9-27)34(46)38-28-12-10-26(11-13-28)32-40-42-43-41-32/h2-3,6-7,10-13,18,20-21,27,30,36H,4-5,8-9,14-17,19,35H2,1H3,(H,38,46)(H,39,45)(H,40,41,42,43)/t27?,30-/m0/s1. The average molecular weight is 621 g/mol. The Morgan fingerprint density at radius 1 is 1.04 bits per heavy atom. The van der Waals surface area contributed by atoms with E-state index >= 15 is 0 Å². The zero-order chi connectivity index (χ0) is 31.9. The molecule has 1 saturated carbocycles. The number of aromatic amines is 1. The lowest BCUT2D eigenvalue weighted by Gasteiger charge is -2.28. The third-order valence-electron chi connectivity index (χ3n) is 8.87. The zero-order valence-corrected chi connectivity index (χ0v) is 26.0. The van der Waals surface area contributed by atoms with E-state index in [1.165, 1.54) is 5.57 Å². The number of nitrogens with one attached hydrogen (secondary N) is 4. The van der Waals surface area contributed by atoms with Gasteiger partial charge in [-0.15, -0.1) is 10.2 Å². The zero-order valence-electron chi connectivity index (χ0n) is 26.0.